The molecule has 2 rings (SSSR count). The lowest BCUT2D eigenvalue weighted by atomic mass is 9.98. The standard InChI is InChI=1S/C13H19NO2/c1-11-12(6-9-14)5-4-8-13(16-11)7-2-3-10-15-13/h2-8,10H2,1H3. The first-order chi connectivity index (χ1) is 7.76. The van der Waals surface area contributed by atoms with Crippen molar-refractivity contribution >= 4 is 0 Å². The molecule has 2 aliphatic rings. The highest BCUT2D eigenvalue weighted by Crippen LogP contribution is 2.37. The zero-order valence-corrected chi connectivity index (χ0v) is 9.92. The van der Waals surface area contributed by atoms with Gasteiger partial charge in [-0.2, -0.15) is 5.26 Å². The smallest absolute Gasteiger partial charge is 0.210 e. The van der Waals surface area contributed by atoms with Crippen molar-refractivity contribution in [2.24, 2.45) is 0 Å². The van der Waals surface area contributed by atoms with Gasteiger partial charge in [0.1, 0.15) is 0 Å². The molecule has 1 unspecified atom stereocenters. The molecular weight excluding hydrogens is 202 g/mol. The van der Waals surface area contributed by atoms with Crippen LogP contribution in [-0.2, 0) is 9.47 Å². The summed E-state index contributed by atoms with van der Waals surface area (Å²) in [6, 6.07) is 2.21. The molecule has 0 saturated carbocycles. The van der Waals surface area contributed by atoms with Crippen molar-refractivity contribution in [1.29, 1.82) is 5.26 Å². The Balaban J connectivity index is 2.12. The maximum Gasteiger partial charge on any atom is 0.210 e. The number of hydrogen-bond acceptors (Lipinski definition) is 3. The Hall–Kier alpha value is -1.01. The molecule has 0 bridgehead atoms. The highest BCUT2D eigenvalue weighted by molar-refractivity contribution is 5.13. The van der Waals surface area contributed by atoms with Crippen LogP contribution in [0.4, 0.5) is 0 Å². The minimum Gasteiger partial charge on any atom is -0.467 e. The fraction of sp³-hybridized carbons (Fsp3) is 0.769. The lowest BCUT2D eigenvalue weighted by Gasteiger charge is -2.36. The van der Waals surface area contributed by atoms with Crippen molar-refractivity contribution in [3.05, 3.63) is 11.3 Å². The molecule has 0 amide bonds. The third kappa shape index (κ3) is 2.38. The van der Waals surface area contributed by atoms with E-state index in [4.69, 9.17) is 14.7 Å². The van der Waals surface area contributed by atoms with E-state index in [0.29, 0.717) is 6.42 Å². The lowest BCUT2D eigenvalue weighted by Crippen LogP contribution is -2.38. The first-order valence-electron chi connectivity index (χ1n) is 6.14. The number of rotatable bonds is 1. The van der Waals surface area contributed by atoms with Gasteiger partial charge in [-0.15, -0.1) is 0 Å². The number of allylic oxidation sites excluding steroid dienone is 2. The van der Waals surface area contributed by atoms with Crippen molar-refractivity contribution in [2.75, 3.05) is 6.61 Å². The number of hydrogen-bond donors (Lipinski definition) is 0. The van der Waals surface area contributed by atoms with Crippen LogP contribution in [0, 0.1) is 11.3 Å². The van der Waals surface area contributed by atoms with Gasteiger partial charge in [0.15, 0.2) is 0 Å². The normalized spacial score (nSPS) is 30.8. The summed E-state index contributed by atoms with van der Waals surface area (Å²) in [5.74, 6) is 0.542. The summed E-state index contributed by atoms with van der Waals surface area (Å²) in [5, 5.41) is 8.76. The Kier molecular flexibility index (Phi) is 3.50. The molecule has 0 N–H and O–H groups in total. The van der Waals surface area contributed by atoms with Crippen molar-refractivity contribution in [3.8, 4) is 6.07 Å². The van der Waals surface area contributed by atoms with E-state index in [9.17, 15) is 0 Å². The number of nitrogens with zero attached hydrogens (tertiary/aromatic N) is 1. The molecule has 88 valence electrons. The van der Waals surface area contributed by atoms with E-state index in [1.807, 2.05) is 6.92 Å². The molecule has 3 nitrogen and oxygen atoms in total. The van der Waals surface area contributed by atoms with Gasteiger partial charge in [-0.3, -0.25) is 0 Å². The van der Waals surface area contributed by atoms with Crippen LogP contribution in [0.15, 0.2) is 11.3 Å². The summed E-state index contributed by atoms with van der Waals surface area (Å²) in [6.45, 7) is 2.78. The van der Waals surface area contributed by atoms with E-state index in [0.717, 1.165) is 50.0 Å². The van der Waals surface area contributed by atoms with Crippen LogP contribution in [0.3, 0.4) is 0 Å². The van der Waals surface area contributed by atoms with Crippen molar-refractivity contribution in [2.45, 2.75) is 57.7 Å². The average Bonchev–Trinajstić information content (AvgIpc) is 2.41. The van der Waals surface area contributed by atoms with Gasteiger partial charge < -0.3 is 9.47 Å². The second-order valence-electron chi connectivity index (χ2n) is 4.67. The van der Waals surface area contributed by atoms with E-state index in [1.165, 1.54) is 6.42 Å². The highest BCUT2D eigenvalue weighted by atomic mass is 16.7. The van der Waals surface area contributed by atoms with Gasteiger partial charge in [0.2, 0.25) is 5.79 Å². The second-order valence-corrected chi connectivity index (χ2v) is 4.67. The van der Waals surface area contributed by atoms with E-state index in [1.54, 1.807) is 0 Å². The first-order valence-corrected chi connectivity index (χ1v) is 6.14. The van der Waals surface area contributed by atoms with E-state index in [2.05, 4.69) is 6.07 Å². The summed E-state index contributed by atoms with van der Waals surface area (Å²) in [7, 11) is 0. The zero-order valence-electron chi connectivity index (χ0n) is 9.92. The summed E-state index contributed by atoms with van der Waals surface area (Å²) in [4.78, 5) is 0. The van der Waals surface area contributed by atoms with Gasteiger partial charge in [0.05, 0.1) is 24.9 Å². The van der Waals surface area contributed by atoms with Crippen LogP contribution in [-0.4, -0.2) is 12.4 Å². The van der Waals surface area contributed by atoms with Crippen molar-refractivity contribution in [1.82, 2.24) is 0 Å². The molecule has 0 aromatic rings. The molecular formula is C13H19NO2. The van der Waals surface area contributed by atoms with E-state index >= 15 is 0 Å². The third-order valence-corrected chi connectivity index (χ3v) is 3.48. The molecule has 3 heteroatoms. The summed E-state index contributed by atoms with van der Waals surface area (Å²) in [5.41, 5.74) is 1.15. The predicted octanol–water partition coefficient (Wildman–Crippen LogP) is 3.27. The average molecular weight is 221 g/mol. The van der Waals surface area contributed by atoms with Crippen LogP contribution in [0.2, 0.25) is 0 Å². The molecule has 1 fully saturated rings. The Morgan fingerprint density at radius 1 is 1.31 bits per heavy atom. The molecule has 0 aliphatic carbocycles. The number of nitriles is 1. The SMILES string of the molecule is CC1=C(CC#N)CCCC2(CCCCO2)O1. The summed E-state index contributed by atoms with van der Waals surface area (Å²) >= 11 is 0. The third-order valence-electron chi connectivity index (χ3n) is 3.48. The quantitative estimate of drug-likeness (QED) is 0.682. The molecule has 0 aromatic carbocycles. The van der Waals surface area contributed by atoms with Gasteiger partial charge in [0.25, 0.3) is 0 Å². The summed E-state index contributed by atoms with van der Waals surface area (Å²) < 4.78 is 11.9. The van der Waals surface area contributed by atoms with Crippen LogP contribution >= 0.6 is 0 Å². The molecule has 1 spiro atoms. The molecule has 0 radical (unpaired) electrons. The minimum atomic E-state index is -0.375. The van der Waals surface area contributed by atoms with Crippen LogP contribution in [0.1, 0.15) is 51.9 Å². The Morgan fingerprint density at radius 3 is 2.81 bits per heavy atom. The first kappa shape index (κ1) is 11.5. The molecule has 0 aromatic heterocycles. The summed E-state index contributed by atoms with van der Waals surface area (Å²) in [6.07, 6.45) is 6.80. The topological polar surface area (TPSA) is 42.2 Å². The fourth-order valence-electron chi connectivity index (χ4n) is 2.56. The second kappa shape index (κ2) is 4.88. The Bertz CT molecular complexity index is 321. The van der Waals surface area contributed by atoms with Crippen LogP contribution < -0.4 is 0 Å². The van der Waals surface area contributed by atoms with E-state index in [-0.39, 0.29) is 5.79 Å². The van der Waals surface area contributed by atoms with E-state index < -0.39 is 0 Å². The molecule has 1 atom stereocenters. The lowest BCUT2D eigenvalue weighted by molar-refractivity contribution is -0.237. The molecule has 16 heavy (non-hydrogen) atoms. The molecule has 2 heterocycles. The van der Waals surface area contributed by atoms with Gasteiger partial charge in [-0.05, 0) is 38.2 Å². The van der Waals surface area contributed by atoms with Gasteiger partial charge in [0, 0.05) is 12.8 Å². The van der Waals surface area contributed by atoms with Gasteiger partial charge >= 0.3 is 0 Å². The maximum atomic E-state index is 8.76. The largest absolute Gasteiger partial charge is 0.467 e. The van der Waals surface area contributed by atoms with Gasteiger partial charge in [-0.25, -0.2) is 0 Å². The van der Waals surface area contributed by atoms with Crippen molar-refractivity contribution in [3.63, 3.8) is 0 Å². The Labute approximate surface area is 97.0 Å². The van der Waals surface area contributed by atoms with Crippen LogP contribution in [0.25, 0.3) is 0 Å². The van der Waals surface area contributed by atoms with Crippen LogP contribution in [0.5, 0.6) is 0 Å². The highest BCUT2D eigenvalue weighted by Gasteiger charge is 2.37. The van der Waals surface area contributed by atoms with Crippen molar-refractivity contribution < 1.29 is 9.47 Å². The van der Waals surface area contributed by atoms with Gasteiger partial charge in [-0.1, -0.05) is 0 Å². The number of ether oxygens (including phenoxy) is 2. The molecule has 1 saturated heterocycles. The molecule has 2 aliphatic heterocycles. The minimum absolute atomic E-state index is 0.375. The zero-order chi connectivity index (χ0) is 11.4. The fourth-order valence-corrected chi connectivity index (χ4v) is 2.56. The predicted molar refractivity (Wildman–Crippen MR) is 60.4 cm³/mol. The maximum absolute atomic E-state index is 8.76. The monoisotopic (exact) mass is 221 g/mol. The Morgan fingerprint density at radius 2 is 2.12 bits per heavy atom.